The quantitative estimate of drug-likeness (QED) is 0.239. The minimum Gasteiger partial charge on any atom is -0.493 e. The first kappa shape index (κ1) is 23.9. The molecule has 8 nitrogen and oxygen atoms in total. The third kappa shape index (κ3) is 6.88. The van der Waals surface area contributed by atoms with Crippen LogP contribution in [0.5, 0.6) is 5.75 Å². The molecule has 1 unspecified atom stereocenters. The van der Waals surface area contributed by atoms with Crippen LogP contribution in [0.15, 0.2) is 65.4 Å². The molecule has 1 atom stereocenters. The normalized spacial score (nSPS) is 11.7. The van der Waals surface area contributed by atoms with E-state index in [2.05, 4.69) is 4.98 Å². The van der Waals surface area contributed by atoms with Gasteiger partial charge in [-0.2, -0.15) is 4.39 Å². The van der Waals surface area contributed by atoms with Gasteiger partial charge in [0.25, 0.3) is 5.91 Å². The van der Waals surface area contributed by atoms with Gasteiger partial charge in [0.15, 0.2) is 6.23 Å². The number of carboxylic acid groups (broad SMARTS) is 1. The van der Waals surface area contributed by atoms with Crippen molar-refractivity contribution in [3.63, 3.8) is 0 Å². The van der Waals surface area contributed by atoms with Crippen molar-refractivity contribution in [2.45, 2.75) is 38.5 Å². The molecule has 1 amide bonds. The minimum absolute atomic E-state index is 0.0338. The highest BCUT2D eigenvalue weighted by atomic mass is 19.1. The summed E-state index contributed by atoms with van der Waals surface area (Å²) in [6.07, 6.45) is 3.20. The Labute approximate surface area is 190 Å². The van der Waals surface area contributed by atoms with Gasteiger partial charge in [-0.3, -0.25) is 9.59 Å². The van der Waals surface area contributed by atoms with Crippen LogP contribution in [-0.4, -0.2) is 38.6 Å². The third-order valence-corrected chi connectivity index (χ3v) is 4.93. The number of carbonyl (C=O) groups excluding carboxylic acids is 1. The lowest BCUT2D eigenvalue weighted by Crippen LogP contribution is -2.34. The summed E-state index contributed by atoms with van der Waals surface area (Å²) in [6.45, 7) is 0.297. The lowest BCUT2D eigenvalue weighted by atomic mass is 10.1. The zero-order chi connectivity index (χ0) is 23.6. The average Bonchev–Trinajstić information content (AvgIpc) is 3.33. The van der Waals surface area contributed by atoms with Gasteiger partial charge in [-0.05, 0) is 49.6 Å². The molecule has 3 aromatic rings. The summed E-state index contributed by atoms with van der Waals surface area (Å²) in [5, 5.41) is 19.9. The van der Waals surface area contributed by atoms with Crippen molar-refractivity contribution in [1.29, 1.82) is 0 Å². The van der Waals surface area contributed by atoms with Gasteiger partial charge in [-0.25, -0.2) is 4.98 Å². The Morgan fingerprint density at radius 2 is 1.91 bits per heavy atom. The predicted molar refractivity (Wildman–Crippen MR) is 116 cm³/mol. The summed E-state index contributed by atoms with van der Waals surface area (Å²) in [5.74, 6) is -1.25. The van der Waals surface area contributed by atoms with E-state index in [0.29, 0.717) is 42.9 Å². The second-order valence-corrected chi connectivity index (χ2v) is 7.35. The number of hydrogen-bond donors (Lipinski definition) is 2. The Hall–Kier alpha value is -3.72. The average molecular weight is 456 g/mol. The Bertz CT molecular complexity index is 1040. The molecule has 0 saturated heterocycles. The molecule has 2 heterocycles. The van der Waals surface area contributed by atoms with Gasteiger partial charge in [-0.15, -0.1) is 0 Å². The number of aliphatic hydroxyl groups is 1. The SMILES string of the molecule is O=C(O)CCCCCOc1ccccc1C(O)N(Cc1ccco1)C(=O)c1ccc(F)nc1. The second kappa shape index (κ2) is 11.8. The molecule has 0 aliphatic rings. The maximum absolute atomic E-state index is 13.2. The van der Waals surface area contributed by atoms with Crippen molar-refractivity contribution in [3.8, 4) is 5.75 Å². The van der Waals surface area contributed by atoms with Crippen LogP contribution >= 0.6 is 0 Å². The van der Waals surface area contributed by atoms with Gasteiger partial charge in [0.2, 0.25) is 5.95 Å². The van der Waals surface area contributed by atoms with E-state index in [-0.39, 0.29) is 18.5 Å². The number of para-hydroxylation sites is 1. The van der Waals surface area contributed by atoms with Crippen LogP contribution in [0, 0.1) is 5.95 Å². The number of aliphatic hydroxyl groups excluding tert-OH is 1. The van der Waals surface area contributed by atoms with Crippen molar-refractivity contribution < 1.29 is 33.3 Å². The van der Waals surface area contributed by atoms with Crippen LogP contribution in [0.1, 0.15) is 53.6 Å². The van der Waals surface area contributed by atoms with Crippen LogP contribution in [-0.2, 0) is 11.3 Å². The van der Waals surface area contributed by atoms with Crippen molar-refractivity contribution in [2.24, 2.45) is 0 Å². The number of halogens is 1. The molecule has 2 aromatic heterocycles. The lowest BCUT2D eigenvalue weighted by Gasteiger charge is -2.28. The number of unbranched alkanes of at least 4 members (excludes halogenated alkanes) is 2. The largest absolute Gasteiger partial charge is 0.493 e. The van der Waals surface area contributed by atoms with Crippen LogP contribution in [0.3, 0.4) is 0 Å². The van der Waals surface area contributed by atoms with E-state index in [1.165, 1.54) is 17.2 Å². The number of pyridine rings is 1. The summed E-state index contributed by atoms with van der Waals surface area (Å²) in [5.41, 5.74) is 0.483. The predicted octanol–water partition coefficient (Wildman–Crippen LogP) is 4.17. The molecule has 3 rings (SSSR count). The molecule has 0 bridgehead atoms. The third-order valence-electron chi connectivity index (χ3n) is 4.93. The maximum atomic E-state index is 13.2. The number of aliphatic carboxylic acids is 1. The number of aromatic nitrogens is 1. The Kier molecular flexibility index (Phi) is 8.54. The Balaban J connectivity index is 1.76. The first-order chi connectivity index (χ1) is 16.0. The van der Waals surface area contributed by atoms with E-state index in [9.17, 15) is 19.1 Å². The van der Waals surface area contributed by atoms with Gasteiger partial charge in [0.1, 0.15) is 11.5 Å². The number of ether oxygens (including phenoxy) is 1. The van der Waals surface area contributed by atoms with E-state index in [1.807, 2.05) is 0 Å². The molecular weight excluding hydrogens is 431 g/mol. The lowest BCUT2D eigenvalue weighted by molar-refractivity contribution is -0.137. The first-order valence-corrected chi connectivity index (χ1v) is 10.5. The highest BCUT2D eigenvalue weighted by Gasteiger charge is 2.28. The zero-order valence-corrected chi connectivity index (χ0v) is 17.9. The van der Waals surface area contributed by atoms with Gasteiger partial charge in [-0.1, -0.05) is 18.2 Å². The molecule has 9 heteroatoms. The molecule has 0 aliphatic carbocycles. The number of amides is 1. The molecule has 33 heavy (non-hydrogen) atoms. The van der Waals surface area contributed by atoms with Crippen molar-refractivity contribution in [3.05, 3.63) is 83.8 Å². The Morgan fingerprint density at radius 1 is 1.09 bits per heavy atom. The molecule has 0 radical (unpaired) electrons. The monoisotopic (exact) mass is 456 g/mol. The fourth-order valence-electron chi connectivity index (χ4n) is 3.24. The standard InChI is InChI=1S/C24H25FN2O6/c25-21-12-11-17(15-26-21)23(30)27(16-18-7-6-14-32-18)24(31)19-8-3-4-9-20(19)33-13-5-1-2-10-22(28)29/h3-4,6-9,11-12,14-15,24,31H,1-2,5,10,13,16H2,(H,28,29). The number of carbonyl (C=O) groups is 2. The number of nitrogens with zero attached hydrogens (tertiary/aromatic N) is 2. The molecule has 2 N–H and O–H groups in total. The molecule has 0 saturated carbocycles. The van der Waals surface area contributed by atoms with Crippen LogP contribution in [0.2, 0.25) is 0 Å². The molecule has 0 aliphatic heterocycles. The molecule has 174 valence electrons. The maximum Gasteiger partial charge on any atom is 0.303 e. The smallest absolute Gasteiger partial charge is 0.303 e. The van der Waals surface area contributed by atoms with E-state index < -0.39 is 24.1 Å². The molecule has 0 spiro atoms. The summed E-state index contributed by atoms with van der Waals surface area (Å²) in [7, 11) is 0. The fourth-order valence-corrected chi connectivity index (χ4v) is 3.24. The molecule has 0 fully saturated rings. The first-order valence-electron chi connectivity index (χ1n) is 10.5. The summed E-state index contributed by atoms with van der Waals surface area (Å²) < 4.78 is 24.4. The van der Waals surface area contributed by atoms with E-state index in [1.54, 1.807) is 36.4 Å². The summed E-state index contributed by atoms with van der Waals surface area (Å²) in [4.78, 5) is 28.5. The van der Waals surface area contributed by atoms with Crippen molar-refractivity contribution in [1.82, 2.24) is 9.88 Å². The number of rotatable bonds is 12. The summed E-state index contributed by atoms with van der Waals surface area (Å²) >= 11 is 0. The van der Waals surface area contributed by atoms with Gasteiger partial charge < -0.3 is 24.3 Å². The van der Waals surface area contributed by atoms with Gasteiger partial charge in [0.05, 0.1) is 25.0 Å². The number of benzene rings is 1. The van der Waals surface area contributed by atoms with Crippen LogP contribution in [0.25, 0.3) is 0 Å². The molecular formula is C24H25FN2O6. The Morgan fingerprint density at radius 3 is 2.61 bits per heavy atom. The van der Waals surface area contributed by atoms with E-state index in [4.69, 9.17) is 14.3 Å². The highest BCUT2D eigenvalue weighted by molar-refractivity contribution is 5.94. The van der Waals surface area contributed by atoms with Crippen molar-refractivity contribution >= 4 is 11.9 Å². The van der Waals surface area contributed by atoms with Crippen molar-refractivity contribution in [2.75, 3.05) is 6.61 Å². The van der Waals surface area contributed by atoms with E-state index in [0.717, 1.165) is 12.3 Å². The zero-order valence-electron chi connectivity index (χ0n) is 17.9. The number of hydrogen-bond acceptors (Lipinski definition) is 6. The molecule has 1 aromatic carbocycles. The van der Waals surface area contributed by atoms with Gasteiger partial charge in [0, 0.05) is 18.2 Å². The minimum atomic E-state index is -1.38. The summed E-state index contributed by atoms with van der Waals surface area (Å²) in [6, 6.07) is 12.5. The number of carboxylic acids is 1. The number of furan rings is 1. The van der Waals surface area contributed by atoms with Crippen LogP contribution < -0.4 is 4.74 Å². The second-order valence-electron chi connectivity index (χ2n) is 7.35. The van der Waals surface area contributed by atoms with Crippen LogP contribution in [0.4, 0.5) is 4.39 Å². The van der Waals surface area contributed by atoms with E-state index >= 15 is 0 Å². The topological polar surface area (TPSA) is 113 Å². The fraction of sp³-hybridized carbons (Fsp3) is 0.292. The van der Waals surface area contributed by atoms with Gasteiger partial charge >= 0.3 is 5.97 Å². The highest BCUT2D eigenvalue weighted by Crippen LogP contribution is 2.30.